The second kappa shape index (κ2) is 3.97. The van der Waals surface area contributed by atoms with Crippen LogP contribution in [0, 0.1) is 5.92 Å². The minimum absolute atomic E-state index is 0.170. The molecule has 1 rings (SSSR count). The maximum atomic E-state index is 13.0. The van der Waals surface area contributed by atoms with Gasteiger partial charge in [-0.3, -0.25) is 5.32 Å². The maximum absolute atomic E-state index is 13.0. The van der Waals surface area contributed by atoms with Crippen LogP contribution in [0.3, 0.4) is 0 Å². The minimum atomic E-state index is -1.47. The first-order valence-corrected chi connectivity index (χ1v) is 3.92. The van der Waals surface area contributed by atoms with E-state index in [9.17, 15) is 8.78 Å². The van der Waals surface area contributed by atoms with Gasteiger partial charge in [-0.2, -0.15) is 0 Å². The molecule has 0 saturated carbocycles. The third-order valence-corrected chi connectivity index (χ3v) is 2.05. The summed E-state index contributed by atoms with van der Waals surface area (Å²) in [6.45, 7) is 1.14. The van der Waals surface area contributed by atoms with Gasteiger partial charge in [0.2, 0.25) is 0 Å². The van der Waals surface area contributed by atoms with Gasteiger partial charge in [0.25, 0.3) is 0 Å². The zero-order valence-electron chi connectivity index (χ0n) is 6.61. The molecule has 1 heterocycles. The van der Waals surface area contributed by atoms with Gasteiger partial charge >= 0.3 is 0 Å². The highest BCUT2D eigenvalue weighted by atomic mass is 19.2. The van der Waals surface area contributed by atoms with Crippen LogP contribution in [-0.2, 0) is 0 Å². The molecule has 0 aromatic rings. The molecule has 0 amide bonds. The van der Waals surface area contributed by atoms with Crippen LogP contribution in [0.4, 0.5) is 8.78 Å². The molecule has 1 aliphatic heterocycles. The molecule has 1 aliphatic rings. The third kappa shape index (κ3) is 2.10. The van der Waals surface area contributed by atoms with E-state index in [0.717, 1.165) is 0 Å². The Morgan fingerprint density at radius 2 is 2.27 bits per heavy atom. The fraction of sp³-hybridized carbons (Fsp3) is 1.00. The summed E-state index contributed by atoms with van der Waals surface area (Å²) in [5, 5.41) is 5.30. The Hall–Kier alpha value is -0.220. The van der Waals surface area contributed by atoms with Crippen molar-refractivity contribution in [3.8, 4) is 0 Å². The van der Waals surface area contributed by atoms with Crippen molar-refractivity contribution in [2.24, 2.45) is 5.92 Å². The van der Waals surface area contributed by atoms with Crippen LogP contribution in [0.15, 0.2) is 0 Å². The molecule has 0 bridgehead atoms. The average Bonchev–Trinajstić information content (AvgIpc) is 1.99. The summed E-state index contributed by atoms with van der Waals surface area (Å²) in [6, 6.07) is 0. The van der Waals surface area contributed by atoms with Crippen molar-refractivity contribution in [1.29, 1.82) is 0 Å². The van der Waals surface area contributed by atoms with Crippen molar-refractivity contribution in [1.82, 2.24) is 10.6 Å². The van der Waals surface area contributed by atoms with Gasteiger partial charge in [-0.15, -0.1) is 0 Å². The van der Waals surface area contributed by atoms with Crippen LogP contribution in [-0.4, -0.2) is 32.6 Å². The summed E-state index contributed by atoms with van der Waals surface area (Å²) in [5.41, 5.74) is 0. The second-order valence-corrected chi connectivity index (χ2v) is 2.91. The largest absolute Gasteiger partial charge is 0.319 e. The van der Waals surface area contributed by atoms with Crippen LogP contribution < -0.4 is 10.6 Å². The first-order chi connectivity index (χ1) is 5.25. The minimum Gasteiger partial charge on any atom is -0.319 e. The number of halogens is 2. The fourth-order valence-electron chi connectivity index (χ4n) is 1.39. The summed E-state index contributed by atoms with van der Waals surface area (Å²) >= 11 is 0. The highest BCUT2D eigenvalue weighted by Crippen LogP contribution is 2.20. The number of hydrogen-bond donors (Lipinski definition) is 2. The first kappa shape index (κ1) is 8.87. The number of hydrogen-bond acceptors (Lipinski definition) is 2. The molecule has 2 nitrogen and oxygen atoms in total. The SMILES string of the molecule is CNCC1CCNC(F)C1F. The van der Waals surface area contributed by atoms with Crippen LogP contribution in [0.5, 0.6) is 0 Å². The number of rotatable bonds is 2. The van der Waals surface area contributed by atoms with Gasteiger partial charge in [-0.25, -0.2) is 8.78 Å². The Morgan fingerprint density at radius 1 is 1.55 bits per heavy atom. The van der Waals surface area contributed by atoms with E-state index in [1.807, 2.05) is 0 Å². The molecule has 3 atom stereocenters. The Kier molecular flexibility index (Phi) is 3.20. The molecule has 11 heavy (non-hydrogen) atoms. The van der Waals surface area contributed by atoms with E-state index < -0.39 is 12.5 Å². The average molecular weight is 164 g/mol. The van der Waals surface area contributed by atoms with Crippen molar-refractivity contribution in [2.75, 3.05) is 20.1 Å². The van der Waals surface area contributed by atoms with Gasteiger partial charge in [-0.1, -0.05) is 0 Å². The molecule has 0 spiro atoms. The lowest BCUT2D eigenvalue weighted by Gasteiger charge is -2.29. The van der Waals surface area contributed by atoms with Crippen molar-refractivity contribution in [2.45, 2.75) is 18.9 Å². The monoisotopic (exact) mass is 164 g/mol. The van der Waals surface area contributed by atoms with E-state index in [-0.39, 0.29) is 5.92 Å². The standard InChI is InChI=1S/C7H14F2N2/c1-10-4-5-2-3-11-7(9)6(5)8/h5-7,10-11H,2-4H2,1H3. The zero-order valence-corrected chi connectivity index (χ0v) is 6.61. The summed E-state index contributed by atoms with van der Waals surface area (Å²) in [6.07, 6.45) is -2.11. The van der Waals surface area contributed by atoms with Gasteiger partial charge in [0.1, 0.15) is 6.17 Å². The molecule has 1 saturated heterocycles. The summed E-state index contributed by atoms with van der Waals surface area (Å²) in [7, 11) is 1.75. The van der Waals surface area contributed by atoms with E-state index in [2.05, 4.69) is 10.6 Å². The van der Waals surface area contributed by atoms with Gasteiger partial charge in [0.15, 0.2) is 6.30 Å². The molecule has 0 aromatic carbocycles. The smallest absolute Gasteiger partial charge is 0.182 e. The molecule has 0 aliphatic carbocycles. The van der Waals surface area contributed by atoms with Crippen molar-refractivity contribution < 1.29 is 8.78 Å². The molecular weight excluding hydrogens is 150 g/mol. The highest BCUT2D eigenvalue weighted by molar-refractivity contribution is 4.82. The van der Waals surface area contributed by atoms with Crippen LogP contribution in [0.1, 0.15) is 6.42 Å². The normalized spacial score (nSPS) is 39.0. The van der Waals surface area contributed by atoms with Crippen LogP contribution in [0.25, 0.3) is 0 Å². The molecule has 4 heteroatoms. The third-order valence-electron chi connectivity index (χ3n) is 2.05. The molecular formula is C7H14F2N2. The summed E-state index contributed by atoms with van der Waals surface area (Å²) in [4.78, 5) is 0. The summed E-state index contributed by atoms with van der Waals surface area (Å²) < 4.78 is 25.6. The fourth-order valence-corrected chi connectivity index (χ4v) is 1.39. The van der Waals surface area contributed by atoms with Gasteiger partial charge in [-0.05, 0) is 20.0 Å². The highest BCUT2D eigenvalue weighted by Gasteiger charge is 2.32. The lowest BCUT2D eigenvalue weighted by molar-refractivity contribution is 0.0535. The van der Waals surface area contributed by atoms with E-state index in [0.29, 0.717) is 19.5 Å². The molecule has 1 fully saturated rings. The number of piperidine rings is 1. The molecule has 2 N–H and O–H groups in total. The van der Waals surface area contributed by atoms with Crippen LogP contribution >= 0.6 is 0 Å². The number of alkyl halides is 2. The quantitative estimate of drug-likeness (QED) is 0.579. The topological polar surface area (TPSA) is 24.1 Å². The van der Waals surface area contributed by atoms with E-state index in [1.165, 1.54) is 0 Å². The van der Waals surface area contributed by atoms with Gasteiger partial charge in [0.05, 0.1) is 0 Å². The number of nitrogens with one attached hydrogen (secondary N) is 2. The Labute approximate surface area is 65.4 Å². The molecule has 0 radical (unpaired) electrons. The Bertz CT molecular complexity index is 119. The molecule has 3 unspecified atom stereocenters. The Balaban J connectivity index is 2.38. The second-order valence-electron chi connectivity index (χ2n) is 2.91. The van der Waals surface area contributed by atoms with Crippen molar-refractivity contribution >= 4 is 0 Å². The molecule has 0 aromatic heterocycles. The maximum Gasteiger partial charge on any atom is 0.182 e. The first-order valence-electron chi connectivity index (χ1n) is 3.92. The zero-order chi connectivity index (χ0) is 8.27. The van der Waals surface area contributed by atoms with Gasteiger partial charge < -0.3 is 5.32 Å². The molecule has 66 valence electrons. The predicted octanol–water partition coefficient (Wildman–Crippen LogP) is 0.449. The van der Waals surface area contributed by atoms with E-state index in [1.54, 1.807) is 7.05 Å². The van der Waals surface area contributed by atoms with Gasteiger partial charge in [0, 0.05) is 12.5 Å². The van der Waals surface area contributed by atoms with Crippen molar-refractivity contribution in [3.05, 3.63) is 0 Å². The van der Waals surface area contributed by atoms with E-state index in [4.69, 9.17) is 0 Å². The van der Waals surface area contributed by atoms with Crippen LogP contribution in [0.2, 0.25) is 0 Å². The predicted molar refractivity (Wildman–Crippen MR) is 39.8 cm³/mol. The summed E-state index contributed by atoms with van der Waals surface area (Å²) in [5.74, 6) is -0.170. The van der Waals surface area contributed by atoms with E-state index >= 15 is 0 Å². The lowest BCUT2D eigenvalue weighted by atomic mass is 9.95. The van der Waals surface area contributed by atoms with Crippen molar-refractivity contribution in [3.63, 3.8) is 0 Å². The Morgan fingerprint density at radius 3 is 2.91 bits per heavy atom. The lowest BCUT2D eigenvalue weighted by Crippen LogP contribution is -2.47.